The molecule has 0 aliphatic heterocycles. The topological polar surface area (TPSA) is 85.9 Å². The van der Waals surface area contributed by atoms with Crippen molar-refractivity contribution in [1.29, 1.82) is 5.53 Å². The zero-order valence-electron chi connectivity index (χ0n) is 6.56. The van der Waals surface area contributed by atoms with Crippen LogP contribution in [0.15, 0.2) is 10.4 Å². The number of amides is 2. The van der Waals surface area contributed by atoms with Crippen LogP contribution in [0.25, 0.3) is 0 Å². The number of urea groups is 1. The van der Waals surface area contributed by atoms with Crippen LogP contribution in [-0.2, 0) is 0 Å². The predicted octanol–water partition coefficient (Wildman–Crippen LogP) is 2.06. The minimum atomic E-state index is -0.864. The summed E-state index contributed by atoms with van der Waals surface area (Å²) in [6, 6.07) is -0.999. The molecule has 6 nitrogen and oxygen atoms in total. The van der Waals surface area contributed by atoms with Gasteiger partial charge in [-0.1, -0.05) is 18.0 Å². The van der Waals surface area contributed by atoms with Gasteiger partial charge in [-0.25, -0.2) is 4.79 Å². The molecule has 6 heteroatoms. The molecule has 0 aromatic carbocycles. The lowest BCUT2D eigenvalue weighted by Gasteiger charge is -2.16. The summed E-state index contributed by atoms with van der Waals surface area (Å²) < 4.78 is 0. The fourth-order valence-corrected chi connectivity index (χ4v) is 1.46. The van der Waals surface area contributed by atoms with Gasteiger partial charge in [0, 0.05) is 0 Å². The van der Waals surface area contributed by atoms with Crippen LogP contribution in [0.2, 0.25) is 0 Å². The van der Waals surface area contributed by atoms with E-state index in [-0.39, 0.29) is 6.04 Å². The zero-order chi connectivity index (χ0) is 8.97. The molecule has 0 bridgehead atoms. The molecule has 66 valence electrons. The van der Waals surface area contributed by atoms with Gasteiger partial charge in [-0.15, -0.1) is 4.91 Å². The average molecular weight is 170 g/mol. The molecule has 0 spiro atoms. The van der Waals surface area contributed by atoms with E-state index in [0.717, 1.165) is 30.7 Å². The van der Waals surface area contributed by atoms with Gasteiger partial charge >= 0.3 is 6.03 Å². The highest BCUT2D eigenvalue weighted by atomic mass is 16.3. The average Bonchev–Trinajstić information content (AvgIpc) is 2.58. The van der Waals surface area contributed by atoms with Crippen LogP contribution in [-0.4, -0.2) is 17.1 Å². The minimum absolute atomic E-state index is 0.135. The zero-order valence-corrected chi connectivity index (χ0v) is 6.56. The molecule has 0 heterocycles. The van der Waals surface area contributed by atoms with Gasteiger partial charge in [-0.3, -0.25) is 0 Å². The van der Waals surface area contributed by atoms with Crippen molar-refractivity contribution in [2.75, 3.05) is 0 Å². The molecule has 0 radical (unpaired) electrons. The second-order valence-corrected chi connectivity index (χ2v) is 2.76. The monoisotopic (exact) mass is 170 g/mol. The van der Waals surface area contributed by atoms with Crippen molar-refractivity contribution >= 4 is 6.03 Å². The summed E-state index contributed by atoms with van der Waals surface area (Å²) >= 11 is 0. The number of nitrogens with zero attached hydrogens (tertiary/aromatic N) is 3. The van der Waals surface area contributed by atoms with E-state index < -0.39 is 6.03 Å². The fourth-order valence-electron chi connectivity index (χ4n) is 1.46. The first-order valence-electron chi connectivity index (χ1n) is 3.83. The maximum Gasteiger partial charge on any atom is 0.384 e. The van der Waals surface area contributed by atoms with Gasteiger partial charge in [0.2, 0.25) is 0 Å². The van der Waals surface area contributed by atoms with Crippen molar-refractivity contribution in [3.8, 4) is 0 Å². The first-order valence-corrected chi connectivity index (χ1v) is 3.83. The standard InChI is InChI=1S/C6H10N4O2/c7-8-6(11)10(9-12)5-3-1-2-4-5/h5,7H,1-4H2. The minimum Gasteiger partial charge on any atom is -0.242 e. The highest BCUT2D eigenvalue weighted by molar-refractivity contribution is 5.74. The smallest absolute Gasteiger partial charge is 0.242 e. The molecule has 12 heavy (non-hydrogen) atoms. The van der Waals surface area contributed by atoms with Gasteiger partial charge in [-0.2, -0.15) is 10.5 Å². The number of carbonyl (C=O) groups excluding carboxylic acids is 1. The molecule has 1 rings (SSSR count). The van der Waals surface area contributed by atoms with Crippen molar-refractivity contribution in [3.05, 3.63) is 4.91 Å². The molecule has 1 fully saturated rings. The van der Waals surface area contributed by atoms with Crippen LogP contribution in [0, 0.1) is 10.4 Å². The summed E-state index contributed by atoms with van der Waals surface area (Å²) in [5.41, 5.74) is 6.44. The molecule has 1 N–H and O–H groups in total. The number of nitroso groups, excluding NO2 is 1. The number of rotatable bonds is 2. The molecule has 0 saturated heterocycles. The Labute approximate surface area is 69.4 Å². The Hall–Kier alpha value is -1.33. The second kappa shape index (κ2) is 3.89. The number of hydrogen-bond donors (Lipinski definition) is 1. The molecule has 0 atom stereocenters. The Morgan fingerprint density at radius 2 is 2.00 bits per heavy atom. The van der Waals surface area contributed by atoms with Crippen LogP contribution in [0.4, 0.5) is 4.79 Å². The van der Waals surface area contributed by atoms with Crippen LogP contribution >= 0.6 is 0 Å². The Bertz CT molecular complexity index is 200. The number of nitrogens with one attached hydrogen (secondary N) is 1. The summed E-state index contributed by atoms with van der Waals surface area (Å²) in [7, 11) is 0. The maximum absolute atomic E-state index is 10.8. The lowest BCUT2D eigenvalue weighted by Crippen LogP contribution is -2.31. The Morgan fingerprint density at radius 1 is 1.42 bits per heavy atom. The van der Waals surface area contributed by atoms with Crippen LogP contribution in [0.5, 0.6) is 0 Å². The third kappa shape index (κ3) is 1.63. The van der Waals surface area contributed by atoms with Crippen molar-refractivity contribution in [2.24, 2.45) is 10.4 Å². The van der Waals surface area contributed by atoms with Crippen molar-refractivity contribution in [2.45, 2.75) is 31.7 Å². The Morgan fingerprint density at radius 3 is 2.42 bits per heavy atom. The van der Waals surface area contributed by atoms with E-state index in [4.69, 9.17) is 5.53 Å². The molecule has 2 amide bonds. The van der Waals surface area contributed by atoms with Gasteiger partial charge in [0.25, 0.3) is 0 Å². The molecule has 1 aliphatic carbocycles. The lowest BCUT2D eigenvalue weighted by molar-refractivity contribution is 0.184. The van der Waals surface area contributed by atoms with Crippen molar-refractivity contribution in [1.82, 2.24) is 5.01 Å². The molecular formula is C6H10N4O2. The third-order valence-electron chi connectivity index (χ3n) is 2.05. The second-order valence-electron chi connectivity index (χ2n) is 2.76. The van der Waals surface area contributed by atoms with E-state index in [1.807, 2.05) is 0 Å². The third-order valence-corrected chi connectivity index (χ3v) is 2.05. The predicted molar refractivity (Wildman–Crippen MR) is 40.4 cm³/mol. The summed E-state index contributed by atoms with van der Waals surface area (Å²) in [6.07, 6.45) is 3.57. The van der Waals surface area contributed by atoms with E-state index in [1.165, 1.54) is 0 Å². The van der Waals surface area contributed by atoms with E-state index >= 15 is 0 Å². The molecule has 0 aromatic heterocycles. The highest BCUT2D eigenvalue weighted by Gasteiger charge is 2.27. The van der Waals surface area contributed by atoms with Gasteiger partial charge in [-0.05, 0) is 12.8 Å². The summed E-state index contributed by atoms with van der Waals surface area (Å²) in [6.45, 7) is 0. The molecule has 0 unspecified atom stereocenters. The summed E-state index contributed by atoms with van der Waals surface area (Å²) in [5.74, 6) is 0. The van der Waals surface area contributed by atoms with Gasteiger partial charge in [0.1, 0.15) is 0 Å². The quantitative estimate of drug-likeness (QED) is 0.390. The molecular weight excluding hydrogens is 160 g/mol. The van der Waals surface area contributed by atoms with Crippen molar-refractivity contribution < 1.29 is 4.79 Å². The van der Waals surface area contributed by atoms with Crippen molar-refractivity contribution in [3.63, 3.8) is 0 Å². The SMILES string of the molecule is N=NC(=O)N(N=O)C1CCCC1. The van der Waals surface area contributed by atoms with Crippen LogP contribution < -0.4 is 0 Å². The fraction of sp³-hybridized carbons (Fsp3) is 0.833. The molecule has 1 saturated carbocycles. The summed E-state index contributed by atoms with van der Waals surface area (Å²) in [4.78, 5) is 21.0. The number of carbonyl (C=O) groups is 1. The first-order chi connectivity index (χ1) is 5.79. The Kier molecular flexibility index (Phi) is 2.84. The first kappa shape index (κ1) is 8.76. The van der Waals surface area contributed by atoms with E-state index in [0.29, 0.717) is 0 Å². The van der Waals surface area contributed by atoms with Gasteiger partial charge in [0.15, 0.2) is 0 Å². The molecule has 0 aromatic rings. The highest BCUT2D eigenvalue weighted by Crippen LogP contribution is 2.23. The van der Waals surface area contributed by atoms with E-state index in [1.54, 1.807) is 0 Å². The lowest BCUT2D eigenvalue weighted by atomic mass is 10.2. The number of hydrogen-bond acceptors (Lipinski definition) is 4. The Balaban J connectivity index is 2.59. The normalized spacial score (nSPS) is 17.3. The largest absolute Gasteiger partial charge is 0.384 e. The molecule has 1 aliphatic rings. The van der Waals surface area contributed by atoms with Crippen LogP contribution in [0.1, 0.15) is 25.7 Å². The van der Waals surface area contributed by atoms with E-state index in [9.17, 15) is 9.70 Å². The van der Waals surface area contributed by atoms with Crippen LogP contribution in [0.3, 0.4) is 0 Å². The van der Waals surface area contributed by atoms with E-state index in [2.05, 4.69) is 10.4 Å². The van der Waals surface area contributed by atoms with Gasteiger partial charge < -0.3 is 0 Å². The summed E-state index contributed by atoms with van der Waals surface area (Å²) in [5, 5.41) is 5.97. The maximum atomic E-state index is 10.8. The van der Waals surface area contributed by atoms with Gasteiger partial charge in [0.05, 0.1) is 11.3 Å².